The summed E-state index contributed by atoms with van der Waals surface area (Å²) in [6.45, 7) is 10.5. The van der Waals surface area contributed by atoms with Gasteiger partial charge in [-0.3, -0.25) is 4.79 Å². The summed E-state index contributed by atoms with van der Waals surface area (Å²) in [6.07, 6.45) is 9.26. The lowest BCUT2D eigenvalue weighted by Crippen LogP contribution is -2.66. The van der Waals surface area contributed by atoms with Gasteiger partial charge >= 0.3 is 5.97 Å². The Hall–Kier alpha value is -1.88. The Morgan fingerprint density at radius 2 is 1.84 bits per heavy atom. The number of ketones is 1. The summed E-state index contributed by atoms with van der Waals surface area (Å²) in [7, 11) is 0. The molecule has 0 unspecified atom stereocenters. The highest BCUT2D eigenvalue weighted by Gasteiger charge is 2.71. The minimum Gasteiger partial charge on any atom is -0.472 e. The number of hydrogen-bond acceptors (Lipinski definition) is 5. The summed E-state index contributed by atoms with van der Waals surface area (Å²) in [5.74, 6) is -0.0982. The number of ether oxygens (including phenoxy) is 1. The van der Waals surface area contributed by atoms with Crippen LogP contribution in [0.3, 0.4) is 0 Å². The third-order valence-corrected chi connectivity index (χ3v) is 9.93. The van der Waals surface area contributed by atoms with Crippen LogP contribution in [0.5, 0.6) is 0 Å². The van der Waals surface area contributed by atoms with Gasteiger partial charge in [0.25, 0.3) is 0 Å². The Morgan fingerprint density at radius 1 is 1.10 bits per heavy atom. The van der Waals surface area contributed by atoms with Gasteiger partial charge in [0.2, 0.25) is 0 Å². The van der Waals surface area contributed by atoms with Crippen molar-refractivity contribution in [3.63, 3.8) is 0 Å². The van der Waals surface area contributed by atoms with Crippen LogP contribution in [0.1, 0.15) is 71.8 Å². The number of esters is 1. The molecular formula is C26H34O5. The van der Waals surface area contributed by atoms with Crippen LogP contribution < -0.4 is 0 Å². The second-order valence-electron chi connectivity index (χ2n) is 11.7. The van der Waals surface area contributed by atoms with Gasteiger partial charge in [-0.2, -0.15) is 0 Å². The van der Waals surface area contributed by atoms with Crippen LogP contribution in [0, 0.1) is 34.0 Å². The van der Waals surface area contributed by atoms with Crippen molar-refractivity contribution in [2.45, 2.75) is 77.9 Å². The van der Waals surface area contributed by atoms with Crippen molar-refractivity contribution in [2.24, 2.45) is 34.0 Å². The molecule has 2 heterocycles. The Bertz CT molecular complexity index is 945. The number of fused-ring (bicyclic) bond motifs is 5. The largest absolute Gasteiger partial charge is 0.472 e. The lowest BCUT2D eigenvalue weighted by atomic mass is 9.39. The molecule has 5 nitrogen and oxygen atoms in total. The van der Waals surface area contributed by atoms with Gasteiger partial charge < -0.3 is 14.3 Å². The van der Waals surface area contributed by atoms with E-state index in [0.29, 0.717) is 12.8 Å². The Balaban J connectivity index is 1.63. The van der Waals surface area contributed by atoms with Crippen molar-refractivity contribution in [3.05, 3.63) is 36.3 Å². The molecule has 0 spiro atoms. The molecular weight excluding hydrogens is 392 g/mol. The third kappa shape index (κ3) is 2.59. The minimum absolute atomic E-state index is 0.0127. The van der Waals surface area contributed by atoms with Crippen LogP contribution >= 0.6 is 0 Å². The number of allylic oxidation sites excluding steroid dienone is 1. The standard InChI is InChI=1S/C26H34O5/c1-23(2)19-13-20(28)26(5)18(25(19,4)10-7-21(29)31-23)6-9-24(3)16(12-17(27)22(24)26)15-8-11-30-14-15/h7-8,10-11,14,16,18-20,22,28H,6,9,12-13H2,1-5H3/t16-,18-,19+,20-,22-,24-,25-,26+/m1/s1. The van der Waals surface area contributed by atoms with E-state index in [1.54, 1.807) is 18.6 Å². The Morgan fingerprint density at radius 3 is 2.52 bits per heavy atom. The molecule has 1 aliphatic heterocycles. The van der Waals surface area contributed by atoms with Gasteiger partial charge in [0.15, 0.2) is 0 Å². The van der Waals surface area contributed by atoms with Gasteiger partial charge in [0.05, 0.1) is 18.6 Å². The van der Waals surface area contributed by atoms with E-state index >= 15 is 0 Å². The summed E-state index contributed by atoms with van der Waals surface area (Å²) < 4.78 is 11.1. The van der Waals surface area contributed by atoms with E-state index in [4.69, 9.17) is 9.15 Å². The molecule has 0 bridgehead atoms. The maximum absolute atomic E-state index is 13.6. The molecule has 0 amide bonds. The highest BCUT2D eigenvalue weighted by molar-refractivity contribution is 5.87. The lowest BCUT2D eigenvalue weighted by Gasteiger charge is -2.65. The molecule has 1 aromatic heterocycles. The second kappa shape index (κ2) is 6.34. The van der Waals surface area contributed by atoms with E-state index in [9.17, 15) is 14.7 Å². The van der Waals surface area contributed by atoms with Crippen molar-refractivity contribution in [3.8, 4) is 0 Å². The van der Waals surface area contributed by atoms with Crippen LogP contribution in [-0.4, -0.2) is 28.6 Å². The normalized spacial score (nSPS) is 48.4. The summed E-state index contributed by atoms with van der Waals surface area (Å²) in [4.78, 5) is 25.9. The van der Waals surface area contributed by atoms with Crippen LogP contribution in [0.4, 0.5) is 0 Å². The number of cyclic esters (lactones) is 1. The molecule has 4 aliphatic rings. The summed E-state index contributed by atoms with van der Waals surface area (Å²) in [5, 5.41) is 11.7. The first-order valence-electron chi connectivity index (χ1n) is 11.6. The number of aliphatic hydroxyl groups excluding tert-OH is 1. The molecule has 168 valence electrons. The minimum atomic E-state index is -0.683. The average molecular weight is 427 g/mol. The monoisotopic (exact) mass is 426 g/mol. The highest BCUT2D eigenvalue weighted by atomic mass is 16.6. The number of carbonyl (C=O) groups is 2. The van der Waals surface area contributed by atoms with Crippen molar-refractivity contribution in [1.29, 1.82) is 0 Å². The molecule has 3 aliphatic carbocycles. The maximum atomic E-state index is 13.6. The zero-order chi connectivity index (χ0) is 22.4. The van der Waals surface area contributed by atoms with Crippen molar-refractivity contribution >= 4 is 11.8 Å². The van der Waals surface area contributed by atoms with Crippen molar-refractivity contribution in [2.75, 3.05) is 0 Å². The molecule has 0 radical (unpaired) electrons. The summed E-state index contributed by atoms with van der Waals surface area (Å²) in [6, 6.07) is 1.98. The van der Waals surface area contributed by atoms with E-state index in [-0.39, 0.29) is 46.3 Å². The molecule has 1 N–H and O–H groups in total. The van der Waals surface area contributed by atoms with Gasteiger partial charge in [0, 0.05) is 29.7 Å². The van der Waals surface area contributed by atoms with Crippen molar-refractivity contribution in [1.82, 2.24) is 0 Å². The quantitative estimate of drug-likeness (QED) is 0.661. The van der Waals surface area contributed by atoms with Crippen LogP contribution in [0.15, 0.2) is 35.2 Å². The summed E-state index contributed by atoms with van der Waals surface area (Å²) in [5.41, 5.74) is -0.700. The van der Waals surface area contributed by atoms with Crippen molar-refractivity contribution < 1.29 is 23.8 Å². The van der Waals surface area contributed by atoms with Gasteiger partial charge in [-0.1, -0.05) is 26.8 Å². The average Bonchev–Trinajstić information content (AvgIpc) is 3.27. The van der Waals surface area contributed by atoms with Gasteiger partial charge in [-0.05, 0) is 67.4 Å². The lowest BCUT2D eigenvalue weighted by molar-refractivity contribution is -0.219. The van der Waals surface area contributed by atoms with E-state index in [2.05, 4.69) is 20.8 Å². The number of Topliss-reactive ketones (excluding diaryl/α,β-unsaturated/α-hetero) is 1. The molecule has 0 saturated heterocycles. The molecule has 3 fully saturated rings. The molecule has 5 rings (SSSR count). The molecule has 5 heteroatoms. The highest BCUT2D eigenvalue weighted by Crippen LogP contribution is 2.72. The zero-order valence-electron chi connectivity index (χ0n) is 19.2. The smallest absolute Gasteiger partial charge is 0.330 e. The van der Waals surface area contributed by atoms with Crippen LogP contribution in [0.25, 0.3) is 0 Å². The number of aliphatic hydroxyl groups is 1. The third-order valence-electron chi connectivity index (χ3n) is 9.93. The van der Waals surface area contributed by atoms with E-state index < -0.39 is 17.1 Å². The molecule has 3 saturated carbocycles. The van der Waals surface area contributed by atoms with Gasteiger partial charge in [0.1, 0.15) is 11.4 Å². The fourth-order valence-corrected chi connectivity index (χ4v) is 8.69. The fraction of sp³-hybridized carbons (Fsp3) is 0.692. The summed E-state index contributed by atoms with van der Waals surface area (Å²) >= 11 is 0. The number of carbonyl (C=O) groups excluding carboxylic acids is 2. The van der Waals surface area contributed by atoms with Gasteiger partial charge in [-0.15, -0.1) is 0 Å². The predicted molar refractivity (Wildman–Crippen MR) is 115 cm³/mol. The molecule has 1 aromatic rings. The fourth-order valence-electron chi connectivity index (χ4n) is 8.69. The number of hydrogen-bond donors (Lipinski definition) is 1. The number of rotatable bonds is 1. The maximum Gasteiger partial charge on any atom is 0.330 e. The topological polar surface area (TPSA) is 76.7 Å². The first-order chi connectivity index (χ1) is 14.4. The van der Waals surface area contributed by atoms with E-state index in [1.807, 2.05) is 26.0 Å². The molecule has 8 atom stereocenters. The Kier molecular flexibility index (Phi) is 4.29. The molecule has 0 aromatic carbocycles. The second-order valence-corrected chi connectivity index (χ2v) is 11.7. The Labute approximate surface area is 184 Å². The first-order valence-corrected chi connectivity index (χ1v) is 11.6. The predicted octanol–water partition coefficient (Wildman–Crippen LogP) is 4.65. The molecule has 31 heavy (non-hydrogen) atoms. The first kappa shape index (κ1) is 21.0. The van der Waals surface area contributed by atoms with Crippen LogP contribution in [0.2, 0.25) is 0 Å². The SMILES string of the molecule is CC1(C)OC(=O)C=C[C@]2(C)[C@H]3CC[C@]4(C)[C@@H](c5ccoc5)CC(=O)[C@H]4[C@]3(C)[C@H](O)C[C@@H]12. The van der Waals surface area contributed by atoms with E-state index in [0.717, 1.165) is 18.4 Å². The zero-order valence-corrected chi connectivity index (χ0v) is 19.2. The number of furan rings is 1. The van der Waals surface area contributed by atoms with Crippen LogP contribution in [-0.2, 0) is 14.3 Å². The van der Waals surface area contributed by atoms with E-state index in [1.165, 1.54) is 0 Å². The van der Waals surface area contributed by atoms with Gasteiger partial charge in [-0.25, -0.2) is 4.79 Å².